The number of alkyl halides is 3. The van der Waals surface area contributed by atoms with Crippen LogP contribution in [0.2, 0.25) is 0 Å². The first-order chi connectivity index (χ1) is 45.8. The number of hydrogen-bond donors (Lipinski definition) is 4. The molecule has 95 heavy (non-hydrogen) atoms. The zero-order valence-electron chi connectivity index (χ0n) is 50.5. The van der Waals surface area contributed by atoms with Crippen LogP contribution in [0.4, 0.5) is 19.0 Å². The number of phosphoric acid groups is 1. The van der Waals surface area contributed by atoms with E-state index >= 15 is 4.57 Å². The number of anilines is 1. The Bertz CT molecular complexity index is 4290. The summed E-state index contributed by atoms with van der Waals surface area (Å²) in [6.45, 7) is -2.19. The zero-order valence-corrected chi connectivity index (χ0v) is 51.4. The number of methoxy groups -OCH3 is 4. The van der Waals surface area contributed by atoms with Gasteiger partial charge >= 0.3 is 31.3 Å². The lowest BCUT2D eigenvalue weighted by Crippen LogP contribution is -2.53. The van der Waals surface area contributed by atoms with Crippen LogP contribution in [-0.2, 0) is 66.4 Å². The first kappa shape index (κ1) is 66.0. The highest BCUT2D eigenvalue weighted by molar-refractivity contribution is 7.48. The number of rotatable bonds is 24. The maximum absolute atomic E-state index is 16.9. The second kappa shape index (κ2) is 27.7. The standard InChI is InChI=1S/C61H60F3N10O20P/c1-82-27-39-46(44(70-57(78)61(62,63)64)54(89-39)72-25-23-42(75)68-58(72)79)93-95(81,88-29-41-47-49(87-32-86-47)55(91-41)74-31-67-45-51(65-30-66-52(45)74)71-53(77)33-11-7-5-8-12-33)94-50-48(40(28-83-2)90-56(50)73-26-24-43(76)69-59(73)80)92-60(34-13-9-6-10-14-34,35-15-19-37(84-3)20-16-35)36-17-21-38(85-4)22-18-36/h5-26,30-31,39-41,44,46-50,54-56H,27-29,32H2,1-4H3,(H,70,78)(H,68,75,79)(H,69,76,80)(H,65,66,71,77)/t39-,40-,41-,44-,46-,47-,48-,49-,50-,54-,55-,56-,95?/m1/s1. The molecule has 4 aromatic heterocycles. The fourth-order valence-corrected chi connectivity index (χ4v) is 13.4. The molecule has 34 heteroatoms. The minimum absolute atomic E-state index is 0.0401. The number of ether oxygens (including phenoxy) is 10. The monoisotopic (exact) mass is 1340 g/mol. The Morgan fingerprint density at radius 2 is 1.17 bits per heavy atom. The van der Waals surface area contributed by atoms with E-state index in [0.717, 1.165) is 29.1 Å². The van der Waals surface area contributed by atoms with Crippen molar-refractivity contribution < 1.29 is 88.3 Å². The summed E-state index contributed by atoms with van der Waals surface area (Å²) in [7, 11) is -0.388. The quantitative estimate of drug-likeness (QED) is 0.0485. The molecule has 12 rings (SSSR count). The van der Waals surface area contributed by atoms with Gasteiger partial charge in [0, 0.05) is 44.3 Å². The van der Waals surface area contributed by atoms with Crippen molar-refractivity contribution in [1.82, 2.24) is 43.9 Å². The lowest BCUT2D eigenvalue weighted by atomic mass is 9.79. The van der Waals surface area contributed by atoms with Gasteiger partial charge in [-0.25, -0.2) is 29.1 Å². The van der Waals surface area contributed by atoms with Gasteiger partial charge in [-0.05, 0) is 53.1 Å². The van der Waals surface area contributed by atoms with E-state index in [-0.39, 0.29) is 30.4 Å². The maximum Gasteiger partial charge on any atom is 0.475 e. The molecular weight excluding hydrogens is 1280 g/mol. The smallest absolute Gasteiger partial charge is 0.475 e. The molecule has 13 atom stereocenters. The fraction of sp³-hybridized carbons (Fsp3) is 0.361. The van der Waals surface area contributed by atoms with Crippen LogP contribution < -0.4 is 42.6 Å². The molecule has 0 bridgehead atoms. The number of aromatic nitrogens is 8. The van der Waals surface area contributed by atoms with Crippen LogP contribution in [0.15, 0.2) is 166 Å². The van der Waals surface area contributed by atoms with Crippen molar-refractivity contribution >= 4 is 36.6 Å². The van der Waals surface area contributed by atoms with Gasteiger partial charge in [0.2, 0.25) is 0 Å². The van der Waals surface area contributed by atoms with Gasteiger partial charge < -0.3 is 58.0 Å². The molecule has 4 aliphatic heterocycles. The molecule has 500 valence electrons. The van der Waals surface area contributed by atoms with Gasteiger partial charge in [-0.15, -0.1) is 0 Å². The summed E-state index contributed by atoms with van der Waals surface area (Å²) in [5.41, 5.74) is -3.91. The van der Waals surface area contributed by atoms with Gasteiger partial charge in [0.25, 0.3) is 17.0 Å². The van der Waals surface area contributed by atoms with E-state index < -0.39 is 141 Å². The van der Waals surface area contributed by atoms with Gasteiger partial charge in [0.15, 0.2) is 35.7 Å². The Hall–Kier alpha value is -9.09. The van der Waals surface area contributed by atoms with E-state index in [9.17, 15) is 41.9 Å². The van der Waals surface area contributed by atoms with Crippen LogP contribution in [0.5, 0.6) is 11.5 Å². The van der Waals surface area contributed by atoms with Gasteiger partial charge in [-0.2, -0.15) is 13.2 Å². The van der Waals surface area contributed by atoms with E-state index in [0.29, 0.717) is 38.3 Å². The van der Waals surface area contributed by atoms with Crippen LogP contribution >= 0.6 is 7.82 Å². The number of fused-ring (bicyclic) bond motifs is 2. The van der Waals surface area contributed by atoms with E-state index in [1.807, 2.05) is 10.3 Å². The number of imidazole rings is 1. The number of aromatic amines is 2. The number of carbonyl (C=O) groups is 2. The maximum atomic E-state index is 16.9. The summed E-state index contributed by atoms with van der Waals surface area (Å²) in [5, 5.41) is 4.56. The molecule has 4 saturated heterocycles. The Balaban J connectivity index is 0.999. The largest absolute Gasteiger partial charge is 0.497 e. The summed E-state index contributed by atoms with van der Waals surface area (Å²) in [6, 6.07) is 30.4. The highest BCUT2D eigenvalue weighted by Crippen LogP contribution is 2.59. The lowest BCUT2D eigenvalue weighted by Gasteiger charge is -2.41. The average Bonchev–Trinajstić information content (AvgIpc) is 1.74. The Morgan fingerprint density at radius 1 is 0.621 bits per heavy atom. The van der Waals surface area contributed by atoms with Gasteiger partial charge in [-0.1, -0.05) is 72.8 Å². The predicted molar refractivity (Wildman–Crippen MR) is 321 cm³/mol. The number of H-pyrrole nitrogens is 2. The molecule has 0 saturated carbocycles. The average molecular weight is 1340 g/mol. The van der Waals surface area contributed by atoms with Crippen LogP contribution in [0.1, 0.15) is 45.7 Å². The number of halogens is 3. The van der Waals surface area contributed by atoms with Crippen molar-refractivity contribution in [3.8, 4) is 11.5 Å². The Kier molecular flexibility index (Phi) is 19.2. The normalized spacial score (nSPS) is 24.9. The molecule has 4 aromatic carbocycles. The van der Waals surface area contributed by atoms with Gasteiger partial charge in [0.05, 0.1) is 40.4 Å². The van der Waals surface area contributed by atoms with Crippen molar-refractivity contribution in [3.05, 3.63) is 210 Å². The molecular formula is C61H60F3N10O20P. The summed E-state index contributed by atoms with van der Waals surface area (Å²) in [4.78, 5) is 96.9. The molecule has 4 fully saturated rings. The van der Waals surface area contributed by atoms with E-state index in [1.165, 1.54) is 45.7 Å². The minimum Gasteiger partial charge on any atom is -0.497 e. The van der Waals surface area contributed by atoms with Crippen LogP contribution in [-0.4, -0.2) is 167 Å². The van der Waals surface area contributed by atoms with Crippen LogP contribution in [0.25, 0.3) is 11.2 Å². The Morgan fingerprint density at radius 3 is 1.76 bits per heavy atom. The molecule has 8 aromatic rings. The number of carbonyl (C=O) groups excluding carboxylic acids is 2. The third-order valence-electron chi connectivity index (χ3n) is 16.2. The van der Waals surface area contributed by atoms with Crippen LogP contribution in [0, 0.1) is 0 Å². The van der Waals surface area contributed by atoms with E-state index in [2.05, 4.69) is 25.3 Å². The number of amides is 2. The summed E-state index contributed by atoms with van der Waals surface area (Å²) < 4.78 is 145. The molecule has 4 aliphatic rings. The van der Waals surface area contributed by atoms with Crippen LogP contribution in [0.3, 0.4) is 0 Å². The van der Waals surface area contributed by atoms with Crippen molar-refractivity contribution in [3.63, 3.8) is 0 Å². The summed E-state index contributed by atoms with van der Waals surface area (Å²) in [5.74, 6) is -2.14. The molecule has 2 amide bonds. The number of nitrogens with one attached hydrogen (secondary N) is 4. The highest BCUT2D eigenvalue weighted by atomic mass is 31.2. The van der Waals surface area contributed by atoms with Crippen molar-refractivity contribution in [2.45, 2.75) is 85.3 Å². The highest BCUT2D eigenvalue weighted by Gasteiger charge is 2.60. The van der Waals surface area contributed by atoms with Crippen molar-refractivity contribution in [1.29, 1.82) is 0 Å². The van der Waals surface area contributed by atoms with Gasteiger partial charge in [0.1, 0.15) is 85.1 Å². The molecule has 0 aliphatic carbocycles. The lowest BCUT2D eigenvalue weighted by molar-refractivity contribution is -0.175. The van der Waals surface area contributed by atoms with Gasteiger partial charge in [-0.3, -0.25) is 56.4 Å². The number of benzene rings is 4. The van der Waals surface area contributed by atoms with Crippen molar-refractivity contribution in [2.24, 2.45) is 0 Å². The second-order valence-corrected chi connectivity index (χ2v) is 23.4. The predicted octanol–water partition coefficient (Wildman–Crippen LogP) is 4.24. The number of hydrogen-bond acceptors (Lipinski definition) is 23. The summed E-state index contributed by atoms with van der Waals surface area (Å²) in [6.07, 6.45) is -18.5. The third-order valence-corrected chi connectivity index (χ3v) is 17.7. The molecule has 8 heterocycles. The first-order valence-electron chi connectivity index (χ1n) is 29.2. The molecule has 0 spiro atoms. The zero-order chi connectivity index (χ0) is 66.8. The summed E-state index contributed by atoms with van der Waals surface area (Å²) >= 11 is 0. The fourth-order valence-electron chi connectivity index (χ4n) is 11.9. The Labute approximate surface area is 534 Å². The molecule has 4 N–H and O–H groups in total. The number of phosphoric ester groups is 1. The first-order valence-corrected chi connectivity index (χ1v) is 30.7. The third kappa shape index (κ3) is 13.4. The molecule has 30 nitrogen and oxygen atoms in total. The molecule has 0 radical (unpaired) electrons. The van der Waals surface area contributed by atoms with E-state index in [1.54, 1.807) is 109 Å². The SMILES string of the molecule is COC[C@H]1O[C@@H](n2ccc(=O)[nH]c2=O)[C@H](NC(=O)C(F)(F)F)[C@@H]1OP(=O)(OC[C@H]1O[C@@H](n2cnc3c(NC(=O)c4ccccc4)ncnc32)[C@@H]2OCO[C@@H]21)O[C@@H]1[C@H](OC(c2ccccc2)(c2ccc(OC)cc2)c2ccc(OC)cc2)[C@@H](COC)O[C@H]1n1ccc(=O)[nH]c1=O. The number of nitrogens with zero attached hydrogens (tertiary/aromatic N) is 6. The van der Waals surface area contributed by atoms with Crippen molar-refractivity contribution in [2.75, 3.05) is 60.4 Å². The molecule has 1 unspecified atom stereocenters. The second-order valence-electron chi connectivity index (χ2n) is 21.9. The van der Waals surface area contributed by atoms with E-state index in [4.69, 9.17) is 60.9 Å². The topological polar surface area (TPSA) is 349 Å². The minimum atomic E-state index is -5.85.